The number of carbonyl (C=O) groups excluding carboxylic acids is 2. The van der Waals surface area contributed by atoms with Gasteiger partial charge in [0.25, 0.3) is 11.8 Å². The van der Waals surface area contributed by atoms with Crippen LogP contribution in [0.25, 0.3) is 10.8 Å². The number of ether oxygens (including phenoxy) is 1. The molecule has 0 saturated carbocycles. The first kappa shape index (κ1) is 26.4. The molecule has 2 saturated heterocycles. The van der Waals surface area contributed by atoms with Gasteiger partial charge in [0.15, 0.2) is 0 Å². The standard InChI is InChI=1S/C31H31N7O3/c32-18-25-6-5-22(19-33-25)21-41-29-17-27-24(20-34-29)15-23(16-28(27)31(40)36-10-2-1-3-11-36)30(39)37-13-7-26(8-14-37)38-12-4-9-35-38/h4-6,9,12,15-17,19-20,26H,1-3,7-8,10-11,13-14,21H2. The fourth-order valence-electron chi connectivity index (χ4n) is 5.63. The molecule has 1 aromatic carbocycles. The van der Waals surface area contributed by atoms with E-state index < -0.39 is 0 Å². The van der Waals surface area contributed by atoms with E-state index in [1.807, 2.05) is 38.9 Å². The van der Waals surface area contributed by atoms with Crippen LogP contribution in [0.5, 0.6) is 5.88 Å². The van der Waals surface area contributed by atoms with Crippen LogP contribution >= 0.6 is 0 Å². The van der Waals surface area contributed by atoms with Crippen molar-refractivity contribution >= 4 is 22.6 Å². The molecule has 208 valence electrons. The van der Waals surface area contributed by atoms with Gasteiger partial charge in [-0.15, -0.1) is 0 Å². The van der Waals surface area contributed by atoms with E-state index in [0.717, 1.165) is 43.1 Å². The van der Waals surface area contributed by atoms with Crippen LogP contribution in [0.15, 0.2) is 61.2 Å². The molecule has 2 fully saturated rings. The highest BCUT2D eigenvalue weighted by Crippen LogP contribution is 2.29. The van der Waals surface area contributed by atoms with Crippen LogP contribution in [-0.2, 0) is 6.61 Å². The fourth-order valence-corrected chi connectivity index (χ4v) is 5.63. The van der Waals surface area contributed by atoms with Crippen molar-refractivity contribution in [3.05, 3.63) is 83.6 Å². The monoisotopic (exact) mass is 549 g/mol. The van der Waals surface area contributed by atoms with Gasteiger partial charge in [-0.25, -0.2) is 9.97 Å². The highest BCUT2D eigenvalue weighted by atomic mass is 16.5. The normalized spacial score (nSPS) is 16.0. The zero-order chi connectivity index (χ0) is 28.2. The van der Waals surface area contributed by atoms with Gasteiger partial charge in [-0.2, -0.15) is 10.4 Å². The highest BCUT2D eigenvalue weighted by molar-refractivity contribution is 6.10. The lowest BCUT2D eigenvalue weighted by atomic mass is 9.98. The SMILES string of the molecule is N#Cc1ccc(COc2cc3c(C(=O)N4CCCCC4)cc(C(=O)N4CCC(n5cccn5)CC4)cc3cn2)cn1. The predicted molar refractivity (Wildman–Crippen MR) is 151 cm³/mol. The van der Waals surface area contributed by atoms with Crippen molar-refractivity contribution in [2.45, 2.75) is 44.8 Å². The Kier molecular flexibility index (Phi) is 7.58. The van der Waals surface area contributed by atoms with Gasteiger partial charge >= 0.3 is 0 Å². The summed E-state index contributed by atoms with van der Waals surface area (Å²) in [7, 11) is 0. The number of benzene rings is 1. The summed E-state index contributed by atoms with van der Waals surface area (Å²) < 4.78 is 7.89. The van der Waals surface area contributed by atoms with Crippen LogP contribution < -0.4 is 4.74 Å². The van der Waals surface area contributed by atoms with Gasteiger partial charge in [-0.05, 0) is 56.4 Å². The molecular formula is C31H31N7O3. The molecule has 41 heavy (non-hydrogen) atoms. The van der Waals surface area contributed by atoms with Crippen LogP contribution in [0.4, 0.5) is 0 Å². The minimum absolute atomic E-state index is 0.0739. The number of hydrogen-bond donors (Lipinski definition) is 0. The number of aromatic nitrogens is 4. The largest absolute Gasteiger partial charge is 0.473 e. The van der Waals surface area contributed by atoms with Crippen molar-refractivity contribution in [3.8, 4) is 11.9 Å². The lowest BCUT2D eigenvalue weighted by Gasteiger charge is -2.32. The molecule has 2 aliphatic heterocycles. The summed E-state index contributed by atoms with van der Waals surface area (Å²) >= 11 is 0. The number of piperidine rings is 2. The topological polar surface area (TPSA) is 117 Å². The molecular weight excluding hydrogens is 518 g/mol. The first-order chi connectivity index (χ1) is 20.1. The maximum atomic E-state index is 13.8. The lowest BCUT2D eigenvalue weighted by molar-refractivity contribution is 0.0690. The number of amides is 2. The number of carbonyl (C=O) groups is 2. The van der Waals surface area contributed by atoms with Crippen molar-refractivity contribution in [1.29, 1.82) is 5.26 Å². The second-order valence-electron chi connectivity index (χ2n) is 10.6. The summed E-state index contributed by atoms with van der Waals surface area (Å²) in [6, 6.07) is 13.0. The summed E-state index contributed by atoms with van der Waals surface area (Å²) in [5.74, 6) is 0.219. The van der Waals surface area contributed by atoms with Crippen LogP contribution in [0, 0.1) is 11.3 Å². The van der Waals surface area contributed by atoms with E-state index in [9.17, 15) is 9.59 Å². The molecule has 3 aromatic heterocycles. The summed E-state index contributed by atoms with van der Waals surface area (Å²) in [5, 5.41) is 14.7. The van der Waals surface area contributed by atoms with Gasteiger partial charge in [-0.3, -0.25) is 14.3 Å². The molecule has 0 aliphatic carbocycles. The Balaban J connectivity index is 1.27. The number of nitrogens with zero attached hydrogens (tertiary/aromatic N) is 7. The summed E-state index contributed by atoms with van der Waals surface area (Å²) in [5.41, 5.74) is 2.12. The second-order valence-corrected chi connectivity index (χ2v) is 10.6. The Morgan fingerprint density at radius 1 is 0.951 bits per heavy atom. The molecule has 10 heteroatoms. The average Bonchev–Trinajstić information content (AvgIpc) is 3.58. The summed E-state index contributed by atoms with van der Waals surface area (Å²) in [6.45, 7) is 2.90. The number of fused-ring (bicyclic) bond motifs is 1. The maximum absolute atomic E-state index is 13.8. The minimum Gasteiger partial charge on any atom is -0.473 e. The van der Waals surface area contributed by atoms with Crippen molar-refractivity contribution in [3.63, 3.8) is 0 Å². The lowest BCUT2D eigenvalue weighted by Crippen LogP contribution is -2.39. The first-order valence-electron chi connectivity index (χ1n) is 14.1. The fraction of sp³-hybridized carbons (Fsp3) is 0.355. The van der Waals surface area contributed by atoms with Crippen molar-refractivity contribution in [2.24, 2.45) is 0 Å². The zero-order valence-corrected chi connectivity index (χ0v) is 22.8. The Morgan fingerprint density at radius 2 is 1.76 bits per heavy atom. The van der Waals surface area contributed by atoms with Gasteiger partial charge in [0.05, 0.1) is 6.04 Å². The van der Waals surface area contributed by atoms with Crippen LogP contribution in [0.3, 0.4) is 0 Å². The third-order valence-electron chi connectivity index (χ3n) is 7.91. The molecule has 4 aromatic rings. The van der Waals surface area contributed by atoms with Crippen LogP contribution in [0.2, 0.25) is 0 Å². The molecule has 5 heterocycles. The second kappa shape index (κ2) is 11.8. The van der Waals surface area contributed by atoms with Gasteiger partial charge in [0, 0.05) is 84.5 Å². The average molecular weight is 550 g/mol. The molecule has 2 amide bonds. The molecule has 0 spiro atoms. The third-order valence-corrected chi connectivity index (χ3v) is 7.91. The molecule has 6 rings (SSSR count). The van der Waals surface area contributed by atoms with Crippen molar-refractivity contribution in [1.82, 2.24) is 29.5 Å². The summed E-state index contributed by atoms with van der Waals surface area (Å²) in [6.07, 6.45) is 11.7. The Hall–Kier alpha value is -4.78. The van der Waals surface area contributed by atoms with E-state index in [-0.39, 0.29) is 24.5 Å². The molecule has 10 nitrogen and oxygen atoms in total. The van der Waals surface area contributed by atoms with E-state index in [1.54, 1.807) is 42.9 Å². The Morgan fingerprint density at radius 3 is 2.46 bits per heavy atom. The Labute approximate surface area is 238 Å². The van der Waals surface area contributed by atoms with E-state index in [2.05, 4.69) is 15.1 Å². The number of nitriles is 1. The van der Waals surface area contributed by atoms with Gasteiger partial charge < -0.3 is 14.5 Å². The number of pyridine rings is 2. The van der Waals surface area contributed by atoms with E-state index in [1.165, 1.54) is 0 Å². The molecule has 0 N–H and O–H groups in total. The number of hydrogen-bond acceptors (Lipinski definition) is 7. The molecule has 0 atom stereocenters. The van der Waals surface area contributed by atoms with Gasteiger partial charge in [-0.1, -0.05) is 6.07 Å². The van der Waals surface area contributed by atoms with E-state index in [0.29, 0.717) is 54.3 Å². The predicted octanol–water partition coefficient (Wildman–Crippen LogP) is 4.38. The van der Waals surface area contributed by atoms with Gasteiger partial charge in [0.2, 0.25) is 5.88 Å². The minimum atomic E-state index is -0.0767. The summed E-state index contributed by atoms with van der Waals surface area (Å²) in [4.78, 5) is 39.7. The van der Waals surface area contributed by atoms with Crippen molar-refractivity contribution < 1.29 is 14.3 Å². The quantitative estimate of drug-likeness (QED) is 0.350. The maximum Gasteiger partial charge on any atom is 0.254 e. The van der Waals surface area contributed by atoms with E-state index in [4.69, 9.17) is 10.00 Å². The highest BCUT2D eigenvalue weighted by Gasteiger charge is 2.27. The molecule has 0 radical (unpaired) electrons. The number of rotatable bonds is 6. The molecule has 0 bridgehead atoms. The van der Waals surface area contributed by atoms with Gasteiger partial charge in [0.1, 0.15) is 18.4 Å². The number of likely N-dealkylation sites (tertiary alicyclic amines) is 2. The molecule has 2 aliphatic rings. The van der Waals surface area contributed by atoms with Crippen LogP contribution in [-0.4, -0.2) is 67.5 Å². The van der Waals surface area contributed by atoms with Crippen molar-refractivity contribution in [2.75, 3.05) is 26.2 Å². The van der Waals surface area contributed by atoms with Crippen LogP contribution in [0.1, 0.15) is 70.1 Å². The Bertz CT molecular complexity index is 1580. The first-order valence-corrected chi connectivity index (χ1v) is 14.1. The van der Waals surface area contributed by atoms with E-state index >= 15 is 0 Å². The molecule has 0 unspecified atom stereocenters. The smallest absolute Gasteiger partial charge is 0.254 e. The zero-order valence-electron chi connectivity index (χ0n) is 22.8. The third kappa shape index (κ3) is 5.75.